The van der Waals surface area contributed by atoms with E-state index in [1.807, 2.05) is 0 Å². The summed E-state index contributed by atoms with van der Waals surface area (Å²) in [7, 11) is 0. The summed E-state index contributed by atoms with van der Waals surface area (Å²) in [5.41, 5.74) is 2.73. The molecule has 1 aromatic rings. The van der Waals surface area contributed by atoms with Crippen molar-refractivity contribution in [2.75, 3.05) is 0 Å². The highest BCUT2D eigenvalue weighted by atomic mass is 14.0. The van der Waals surface area contributed by atoms with E-state index in [4.69, 9.17) is 6.58 Å². The van der Waals surface area contributed by atoms with Crippen LogP contribution < -0.4 is 0 Å². The van der Waals surface area contributed by atoms with Crippen LogP contribution in [0.25, 0.3) is 0 Å². The molecule has 0 nitrogen and oxygen atoms in total. The molecule has 0 amide bonds. The quantitative estimate of drug-likeness (QED) is 0.591. The Morgan fingerprint density at radius 3 is 2.50 bits per heavy atom. The lowest BCUT2D eigenvalue weighted by atomic mass is 10.1. The Morgan fingerprint density at radius 1 is 1.25 bits per heavy atom. The van der Waals surface area contributed by atoms with Gasteiger partial charge in [-0.2, -0.15) is 0 Å². The minimum Gasteiger partial charge on any atom is -0.0845 e. The van der Waals surface area contributed by atoms with Crippen molar-refractivity contribution in [3.63, 3.8) is 0 Å². The molecule has 63 valence electrons. The van der Waals surface area contributed by atoms with Gasteiger partial charge in [-0.15, -0.1) is 0 Å². The molecule has 12 heavy (non-hydrogen) atoms. The van der Waals surface area contributed by atoms with Crippen LogP contribution in [0.2, 0.25) is 0 Å². The van der Waals surface area contributed by atoms with Crippen molar-refractivity contribution in [1.29, 1.82) is 0 Å². The zero-order chi connectivity index (χ0) is 8.81. The molecule has 0 aliphatic heterocycles. The van der Waals surface area contributed by atoms with Crippen LogP contribution in [0.1, 0.15) is 24.0 Å². The first kappa shape index (κ1) is 9.05. The van der Waals surface area contributed by atoms with E-state index in [0.717, 1.165) is 19.3 Å². The fraction of sp³-hybridized carbons (Fsp3) is 0.333. The monoisotopic (exact) mass is 159 g/mol. The number of benzene rings is 1. The highest BCUT2D eigenvalue weighted by Crippen LogP contribution is 2.06. The van der Waals surface area contributed by atoms with Gasteiger partial charge in [-0.1, -0.05) is 42.5 Å². The standard InChI is InChI=1S/C12H15/c1-3-4-5-6-12-9-7-11(2)8-10-12/h1,3,7-10H,4-6H2,2H3. The maximum absolute atomic E-state index is 5.29. The Hall–Kier alpha value is -1.04. The van der Waals surface area contributed by atoms with Crippen LogP contribution in [-0.2, 0) is 6.42 Å². The van der Waals surface area contributed by atoms with E-state index < -0.39 is 0 Å². The maximum Gasteiger partial charge on any atom is -0.0276 e. The first-order valence-corrected chi connectivity index (χ1v) is 4.42. The average Bonchev–Trinajstić information content (AvgIpc) is 2.09. The topological polar surface area (TPSA) is 0 Å². The molecule has 0 bridgehead atoms. The summed E-state index contributed by atoms with van der Waals surface area (Å²) in [6, 6.07) is 8.68. The molecule has 0 N–H and O–H groups in total. The number of allylic oxidation sites excluding steroid dienone is 1. The van der Waals surface area contributed by atoms with Gasteiger partial charge in [0.05, 0.1) is 0 Å². The van der Waals surface area contributed by atoms with Gasteiger partial charge in [0.1, 0.15) is 0 Å². The molecule has 0 unspecified atom stereocenters. The molecule has 0 fully saturated rings. The zero-order valence-corrected chi connectivity index (χ0v) is 7.59. The lowest BCUT2D eigenvalue weighted by Gasteiger charge is -1.99. The molecule has 0 heteroatoms. The third-order valence-corrected chi connectivity index (χ3v) is 1.96. The van der Waals surface area contributed by atoms with Gasteiger partial charge in [0.25, 0.3) is 0 Å². The van der Waals surface area contributed by atoms with Gasteiger partial charge >= 0.3 is 0 Å². The third kappa shape index (κ3) is 2.91. The number of rotatable bonds is 4. The molecular weight excluding hydrogens is 144 g/mol. The highest BCUT2D eigenvalue weighted by Gasteiger charge is 1.90. The number of unbranched alkanes of at least 4 members (excludes halogenated alkanes) is 1. The minimum atomic E-state index is 1.01. The Bertz CT molecular complexity index is 231. The van der Waals surface area contributed by atoms with Crippen molar-refractivity contribution >= 4 is 0 Å². The zero-order valence-electron chi connectivity index (χ0n) is 7.59. The van der Waals surface area contributed by atoms with Crippen molar-refractivity contribution in [1.82, 2.24) is 0 Å². The van der Waals surface area contributed by atoms with Crippen molar-refractivity contribution in [2.45, 2.75) is 26.2 Å². The normalized spacial score (nSPS) is 9.75. The number of hydrogen-bond acceptors (Lipinski definition) is 0. The summed E-state index contributed by atoms with van der Waals surface area (Å²) in [6.45, 7) is 7.40. The van der Waals surface area contributed by atoms with Crippen molar-refractivity contribution < 1.29 is 0 Å². The molecule has 0 saturated carbocycles. The van der Waals surface area contributed by atoms with E-state index in [9.17, 15) is 0 Å². The molecule has 0 aliphatic rings. The summed E-state index contributed by atoms with van der Waals surface area (Å²) in [5.74, 6) is 0. The summed E-state index contributed by atoms with van der Waals surface area (Å²) < 4.78 is 0. The maximum atomic E-state index is 5.29. The third-order valence-electron chi connectivity index (χ3n) is 1.96. The fourth-order valence-corrected chi connectivity index (χ4v) is 1.18. The molecule has 0 spiro atoms. The van der Waals surface area contributed by atoms with E-state index >= 15 is 0 Å². The molecular formula is C12H15. The molecule has 0 atom stereocenters. The van der Waals surface area contributed by atoms with E-state index in [2.05, 4.69) is 31.2 Å². The number of hydrogen-bond donors (Lipinski definition) is 0. The van der Waals surface area contributed by atoms with Gasteiger partial charge in [-0.3, -0.25) is 0 Å². The van der Waals surface area contributed by atoms with E-state index in [0.29, 0.717) is 0 Å². The molecule has 1 rings (SSSR count). The Balaban J connectivity index is 2.42. The summed E-state index contributed by atoms with van der Waals surface area (Å²) in [4.78, 5) is 0. The van der Waals surface area contributed by atoms with Crippen LogP contribution in [0.4, 0.5) is 0 Å². The molecule has 0 saturated heterocycles. The molecule has 1 aromatic carbocycles. The van der Waals surface area contributed by atoms with Crippen LogP contribution in [0.5, 0.6) is 0 Å². The summed E-state index contributed by atoms with van der Waals surface area (Å²) in [5, 5.41) is 0. The molecule has 0 aliphatic carbocycles. The van der Waals surface area contributed by atoms with Crippen molar-refractivity contribution in [3.05, 3.63) is 48.0 Å². The molecule has 1 radical (unpaired) electrons. The second-order valence-corrected chi connectivity index (χ2v) is 3.11. The second kappa shape index (κ2) is 4.76. The minimum absolute atomic E-state index is 1.01. The first-order valence-electron chi connectivity index (χ1n) is 4.42. The molecule has 0 aromatic heterocycles. The van der Waals surface area contributed by atoms with E-state index in [1.165, 1.54) is 11.1 Å². The van der Waals surface area contributed by atoms with Crippen LogP contribution in [-0.4, -0.2) is 0 Å². The van der Waals surface area contributed by atoms with Gasteiger partial charge in [-0.05, 0) is 31.7 Å². The predicted molar refractivity (Wildman–Crippen MR) is 53.0 cm³/mol. The van der Waals surface area contributed by atoms with Gasteiger partial charge in [0.2, 0.25) is 0 Å². The van der Waals surface area contributed by atoms with Crippen LogP contribution in [0, 0.1) is 13.5 Å². The van der Waals surface area contributed by atoms with Crippen LogP contribution in [0.15, 0.2) is 30.3 Å². The SMILES string of the molecule is [CH]=CCCCc1ccc(C)cc1. The molecule has 0 heterocycles. The largest absolute Gasteiger partial charge is 0.0845 e. The number of aryl methyl sites for hydroxylation is 2. The highest BCUT2D eigenvalue weighted by molar-refractivity contribution is 5.21. The van der Waals surface area contributed by atoms with E-state index in [1.54, 1.807) is 6.08 Å². The fourth-order valence-electron chi connectivity index (χ4n) is 1.18. The average molecular weight is 159 g/mol. The van der Waals surface area contributed by atoms with Crippen LogP contribution in [0.3, 0.4) is 0 Å². The first-order chi connectivity index (χ1) is 5.83. The smallest absolute Gasteiger partial charge is 0.0276 e. The van der Waals surface area contributed by atoms with Gasteiger partial charge in [-0.25, -0.2) is 0 Å². The Morgan fingerprint density at radius 2 is 1.92 bits per heavy atom. The van der Waals surface area contributed by atoms with Crippen LogP contribution >= 0.6 is 0 Å². The predicted octanol–water partition coefficient (Wildman–Crippen LogP) is 3.31. The Labute approximate surface area is 74.9 Å². The lowest BCUT2D eigenvalue weighted by Crippen LogP contribution is -1.84. The van der Waals surface area contributed by atoms with Crippen molar-refractivity contribution in [2.24, 2.45) is 0 Å². The van der Waals surface area contributed by atoms with Gasteiger partial charge in [0, 0.05) is 0 Å². The van der Waals surface area contributed by atoms with Gasteiger partial charge in [0.15, 0.2) is 0 Å². The van der Waals surface area contributed by atoms with Gasteiger partial charge < -0.3 is 0 Å². The van der Waals surface area contributed by atoms with E-state index in [-0.39, 0.29) is 0 Å². The van der Waals surface area contributed by atoms with Crippen molar-refractivity contribution in [3.8, 4) is 0 Å². The summed E-state index contributed by atoms with van der Waals surface area (Å²) >= 11 is 0. The summed E-state index contributed by atoms with van der Waals surface area (Å²) in [6.07, 6.45) is 5.02. The lowest BCUT2D eigenvalue weighted by molar-refractivity contribution is 0.843. The Kier molecular flexibility index (Phi) is 3.59. The second-order valence-electron chi connectivity index (χ2n) is 3.11.